The lowest BCUT2D eigenvalue weighted by molar-refractivity contribution is -0.269. The first kappa shape index (κ1) is 29.7. The SMILES string of the molecule is CNC(C)C1CC(OC2C(N)CC(N)C(OC3OCCCC3O)C2O)C(N)CO1.O=S(=O)(O)O. The Hall–Kier alpha value is -0.530. The van der Waals surface area contributed by atoms with Crippen molar-refractivity contribution in [3.63, 3.8) is 0 Å². The zero-order valence-electron chi connectivity index (χ0n) is 19.5. The Morgan fingerprint density at radius 1 is 1.00 bits per heavy atom. The number of hydrogen-bond acceptors (Lipinski definition) is 12. The van der Waals surface area contributed by atoms with Gasteiger partial charge in [-0.05, 0) is 33.2 Å². The first-order valence-corrected chi connectivity index (χ1v) is 12.8. The van der Waals surface area contributed by atoms with Crippen LogP contribution in [0, 0.1) is 0 Å². The summed E-state index contributed by atoms with van der Waals surface area (Å²) in [4.78, 5) is 0. The first-order valence-electron chi connectivity index (χ1n) is 11.4. The van der Waals surface area contributed by atoms with Gasteiger partial charge in [-0.3, -0.25) is 9.11 Å². The second-order valence-electron chi connectivity index (χ2n) is 9.04. The molecule has 3 rings (SSSR count). The van der Waals surface area contributed by atoms with Crippen molar-refractivity contribution in [2.24, 2.45) is 17.2 Å². The lowest BCUT2D eigenvalue weighted by atomic mass is 9.84. The Bertz CT molecular complexity index is 711. The van der Waals surface area contributed by atoms with E-state index >= 15 is 0 Å². The summed E-state index contributed by atoms with van der Waals surface area (Å²) in [5, 5.41) is 24.3. The zero-order valence-corrected chi connectivity index (χ0v) is 20.3. The minimum absolute atomic E-state index is 0.0400. The van der Waals surface area contributed by atoms with Crippen LogP contribution in [0.5, 0.6) is 0 Å². The summed E-state index contributed by atoms with van der Waals surface area (Å²) in [7, 11) is -2.79. The molecular formula is C19H40N4O10S. The number of likely N-dealkylation sites (N-methyl/N-ethyl adjacent to an activating group) is 1. The van der Waals surface area contributed by atoms with Gasteiger partial charge in [-0.25, -0.2) is 0 Å². The van der Waals surface area contributed by atoms with Crippen molar-refractivity contribution in [1.29, 1.82) is 0 Å². The summed E-state index contributed by atoms with van der Waals surface area (Å²) in [6, 6.07) is -1.11. The van der Waals surface area contributed by atoms with Crippen LogP contribution in [0.2, 0.25) is 0 Å². The van der Waals surface area contributed by atoms with Crippen molar-refractivity contribution in [3.8, 4) is 0 Å². The van der Waals surface area contributed by atoms with Crippen LogP contribution in [0.3, 0.4) is 0 Å². The predicted octanol–water partition coefficient (Wildman–Crippen LogP) is -2.89. The fraction of sp³-hybridized carbons (Fsp3) is 1.00. The predicted molar refractivity (Wildman–Crippen MR) is 120 cm³/mol. The highest BCUT2D eigenvalue weighted by Crippen LogP contribution is 2.29. The summed E-state index contributed by atoms with van der Waals surface area (Å²) in [6.07, 6.45) is -2.01. The number of ether oxygens (including phenoxy) is 4. The molecule has 11 unspecified atom stereocenters. The number of rotatable bonds is 6. The summed E-state index contributed by atoms with van der Waals surface area (Å²) in [6.45, 7) is 2.92. The third kappa shape index (κ3) is 8.85. The van der Waals surface area contributed by atoms with Gasteiger partial charge in [0.15, 0.2) is 6.29 Å². The second kappa shape index (κ2) is 13.1. The van der Waals surface area contributed by atoms with E-state index < -0.39 is 53.2 Å². The molecule has 34 heavy (non-hydrogen) atoms. The smallest absolute Gasteiger partial charge is 0.388 e. The molecule has 0 amide bonds. The quantitative estimate of drug-likeness (QED) is 0.165. The topological polar surface area (TPSA) is 242 Å². The average Bonchev–Trinajstić information content (AvgIpc) is 2.74. The van der Waals surface area contributed by atoms with Crippen LogP contribution in [0.15, 0.2) is 0 Å². The molecule has 2 aliphatic heterocycles. The van der Waals surface area contributed by atoms with Gasteiger partial charge in [0.2, 0.25) is 0 Å². The van der Waals surface area contributed by atoms with E-state index in [2.05, 4.69) is 5.32 Å². The largest absolute Gasteiger partial charge is 0.394 e. The van der Waals surface area contributed by atoms with Gasteiger partial charge >= 0.3 is 10.4 Å². The van der Waals surface area contributed by atoms with E-state index in [1.54, 1.807) is 0 Å². The molecule has 2 heterocycles. The summed E-state index contributed by atoms with van der Waals surface area (Å²) in [5.74, 6) is 0. The van der Waals surface area contributed by atoms with E-state index in [1.807, 2.05) is 14.0 Å². The van der Waals surface area contributed by atoms with Crippen LogP contribution in [-0.2, 0) is 29.3 Å². The highest BCUT2D eigenvalue weighted by atomic mass is 32.3. The molecule has 202 valence electrons. The van der Waals surface area contributed by atoms with Gasteiger partial charge in [0.05, 0.1) is 24.9 Å². The average molecular weight is 517 g/mol. The van der Waals surface area contributed by atoms with E-state index in [0.29, 0.717) is 32.5 Å². The molecule has 3 aliphatic rings. The standard InChI is InChI=1S/C19H38N4O6.H2O4S/c1-9(23-2)14-7-15(12(22)8-27-14)28-17-10(20)6-11(21)18(16(17)25)29-19-13(24)4-3-5-26-19;1-5(2,3)4/h9-19,23-25H,3-8,20-22H2,1-2H3;(H2,1,2,3,4). The molecule has 0 spiro atoms. The molecule has 2 saturated heterocycles. The normalized spacial score (nSPS) is 42.4. The molecular weight excluding hydrogens is 476 g/mol. The van der Waals surface area contributed by atoms with Crippen LogP contribution in [0.4, 0.5) is 0 Å². The van der Waals surface area contributed by atoms with Gasteiger partial charge in [-0.2, -0.15) is 8.42 Å². The van der Waals surface area contributed by atoms with Gasteiger partial charge in [0.1, 0.15) is 24.4 Å². The molecule has 14 nitrogen and oxygen atoms in total. The number of aliphatic hydroxyl groups excluding tert-OH is 2. The van der Waals surface area contributed by atoms with E-state index in [4.69, 9.17) is 53.7 Å². The second-order valence-corrected chi connectivity index (χ2v) is 9.93. The maximum atomic E-state index is 11.0. The number of nitrogens with two attached hydrogens (primary N) is 3. The van der Waals surface area contributed by atoms with Gasteiger partial charge in [0.25, 0.3) is 0 Å². The molecule has 11 N–H and O–H groups in total. The molecule has 0 aromatic heterocycles. The summed E-state index contributed by atoms with van der Waals surface area (Å²) >= 11 is 0. The third-order valence-electron chi connectivity index (χ3n) is 6.38. The molecule has 3 fully saturated rings. The Morgan fingerprint density at radius 2 is 1.59 bits per heavy atom. The van der Waals surface area contributed by atoms with Crippen LogP contribution < -0.4 is 22.5 Å². The molecule has 0 radical (unpaired) electrons. The van der Waals surface area contributed by atoms with Crippen LogP contribution in [-0.4, -0.2) is 115 Å². The Labute approximate surface area is 200 Å². The van der Waals surface area contributed by atoms with Crippen LogP contribution >= 0.6 is 0 Å². The monoisotopic (exact) mass is 516 g/mol. The lowest BCUT2D eigenvalue weighted by Gasteiger charge is -2.46. The highest BCUT2D eigenvalue weighted by Gasteiger charge is 2.47. The summed E-state index contributed by atoms with van der Waals surface area (Å²) < 4.78 is 55.1. The van der Waals surface area contributed by atoms with Crippen molar-refractivity contribution in [3.05, 3.63) is 0 Å². The van der Waals surface area contributed by atoms with Gasteiger partial charge in [-0.1, -0.05) is 0 Å². The fourth-order valence-corrected chi connectivity index (χ4v) is 4.37. The summed E-state index contributed by atoms with van der Waals surface area (Å²) in [5.41, 5.74) is 18.7. The highest BCUT2D eigenvalue weighted by molar-refractivity contribution is 7.79. The van der Waals surface area contributed by atoms with Crippen molar-refractivity contribution >= 4 is 10.4 Å². The molecule has 11 atom stereocenters. The third-order valence-corrected chi connectivity index (χ3v) is 6.38. The van der Waals surface area contributed by atoms with E-state index in [-0.39, 0.29) is 24.3 Å². The number of hydrogen-bond donors (Lipinski definition) is 8. The maximum absolute atomic E-state index is 11.0. The van der Waals surface area contributed by atoms with Crippen molar-refractivity contribution in [2.75, 3.05) is 20.3 Å². The van der Waals surface area contributed by atoms with Crippen molar-refractivity contribution < 1.29 is 46.7 Å². The van der Waals surface area contributed by atoms with Gasteiger partial charge in [-0.15, -0.1) is 0 Å². The van der Waals surface area contributed by atoms with Crippen molar-refractivity contribution in [1.82, 2.24) is 5.32 Å². The molecule has 0 aromatic rings. The molecule has 1 aliphatic carbocycles. The first-order chi connectivity index (χ1) is 15.8. The van der Waals surface area contributed by atoms with Gasteiger partial charge in [0, 0.05) is 31.2 Å². The molecule has 0 aromatic carbocycles. The van der Waals surface area contributed by atoms with E-state index in [9.17, 15) is 10.2 Å². The Morgan fingerprint density at radius 3 is 2.15 bits per heavy atom. The Kier molecular flexibility index (Phi) is 11.5. The van der Waals surface area contributed by atoms with Crippen molar-refractivity contribution in [2.45, 2.75) is 99.7 Å². The maximum Gasteiger partial charge on any atom is 0.394 e. The van der Waals surface area contributed by atoms with Crippen LogP contribution in [0.25, 0.3) is 0 Å². The minimum atomic E-state index is -4.67. The fourth-order valence-electron chi connectivity index (χ4n) is 4.37. The molecule has 0 bridgehead atoms. The van der Waals surface area contributed by atoms with Crippen LogP contribution in [0.1, 0.15) is 32.6 Å². The number of aliphatic hydroxyl groups is 2. The molecule has 15 heteroatoms. The zero-order chi connectivity index (χ0) is 25.6. The van der Waals surface area contributed by atoms with Gasteiger partial charge < -0.3 is 51.7 Å². The van der Waals surface area contributed by atoms with E-state index in [0.717, 1.165) is 6.42 Å². The minimum Gasteiger partial charge on any atom is -0.388 e. The van der Waals surface area contributed by atoms with E-state index in [1.165, 1.54) is 0 Å². The molecule has 1 saturated carbocycles. The number of nitrogens with one attached hydrogen (secondary N) is 1. The lowest BCUT2D eigenvalue weighted by Crippen LogP contribution is -2.65. The Balaban J connectivity index is 0.000000739.